The van der Waals surface area contributed by atoms with Crippen LogP contribution in [0.5, 0.6) is 0 Å². The molecule has 106 valence electrons. The zero-order valence-electron chi connectivity index (χ0n) is 9.33. The molecule has 2 rings (SSSR count). The Morgan fingerprint density at radius 3 is 2.50 bits per heavy atom. The van der Waals surface area contributed by atoms with Crippen LogP contribution in [-0.2, 0) is 6.18 Å². The number of benzene rings is 1. The molecule has 0 unspecified atom stereocenters. The van der Waals surface area contributed by atoms with Crippen LogP contribution in [0.3, 0.4) is 0 Å². The lowest BCUT2D eigenvalue weighted by atomic mass is 10.2. The first kappa shape index (κ1) is 14.9. The Labute approximate surface area is 122 Å². The third kappa shape index (κ3) is 2.83. The minimum atomic E-state index is -4.89. The highest BCUT2D eigenvalue weighted by Gasteiger charge is 2.40. The summed E-state index contributed by atoms with van der Waals surface area (Å²) in [6.07, 6.45) is -4.89. The van der Waals surface area contributed by atoms with Crippen molar-refractivity contribution in [3.63, 3.8) is 0 Å². The van der Waals surface area contributed by atoms with Gasteiger partial charge in [0.2, 0.25) is 0 Å². The van der Waals surface area contributed by atoms with Crippen LogP contribution in [0.25, 0.3) is 10.6 Å². The highest BCUT2D eigenvalue weighted by atomic mass is 79.9. The molecule has 0 aliphatic rings. The van der Waals surface area contributed by atoms with Gasteiger partial charge >= 0.3 is 12.1 Å². The van der Waals surface area contributed by atoms with Crippen molar-refractivity contribution >= 4 is 33.2 Å². The Morgan fingerprint density at radius 2 is 2.00 bits per heavy atom. The maximum Gasteiger partial charge on any atom is 0.435 e. The second-order valence-corrected chi connectivity index (χ2v) is 5.48. The van der Waals surface area contributed by atoms with Gasteiger partial charge in [0.15, 0.2) is 5.69 Å². The fourth-order valence-corrected chi connectivity index (χ4v) is 2.95. The van der Waals surface area contributed by atoms with Crippen LogP contribution in [0.15, 0.2) is 22.7 Å². The van der Waals surface area contributed by atoms with Crippen molar-refractivity contribution in [3.05, 3.63) is 39.1 Å². The summed E-state index contributed by atoms with van der Waals surface area (Å²) in [5.74, 6) is -2.39. The minimum absolute atomic E-state index is 0.0630. The van der Waals surface area contributed by atoms with E-state index in [0.717, 1.165) is 12.1 Å². The van der Waals surface area contributed by atoms with Crippen molar-refractivity contribution in [1.82, 2.24) is 4.98 Å². The summed E-state index contributed by atoms with van der Waals surface area (Å²) in [5, 5.41) is 8.58. The van der Waals surface area contributed by atoms with Gasteiger partial charge in [0, 0.05) is 10.0 Å². The van der Waals surface area contributed by atoms with E-state index in [1.807, 2.05) is 0 Å². The molecule has 1 aromatic carbocycles. The summed E-state index contributed by atoms with van der Waals surface area (Å²) in [6, 6.07) is 3.40. The molecule has 0 radical (unpaired) electrons. The molecule has 9 heteroatoms. The van der Waals surface area contributed by atoms with Crippen LogP contribution in [0.2, 0.25) is 0 Å². The number of aromatic nitrogens is 1. The number of alkyl halides is 3. The predicted molar refractivity (Wildman–Crippen MR) is 67.2 cm³/mol. The average molecular weight is 370 g/mol. The second-order valence-electron chi connectivity index (χ2n) is 3.62. The first-order valence-electron chi connectivity index (χ1n) is 4.97. The first-order chi connectivity index (χ1) is 9.20. The SMILES string of the molecule is O=C(O)c1sc(-c2cc(F)ccc2Br)nc1C(F)(F)F. The number of hydrogen-bond acceptors (Lipinski definition) is 3. The van der Waals surface area contributed by atoms with Gasteiger partial charge in [-0.2, -0.15) is 13.2 Å². The number of carbonyl (C=O) groups is 1. The van der Waals surface area contributed by atoms with Crippen molar-refractivity contribution in [3.8, 4) is 10.6 Å². The Balaban J connectivity index is 2.65. The van der Waals surface area contributed by atoms with E-state index in [2.05, 4.69) is 20.9 Å². The van der Waals surface area contributed by atoms with Crippen LogP contribution in [0.1, 0.15) is 15.4 Å². The summed E-state index contributed by atoms with van der Waals surface area (Å²) in [5.41, 5.74) is -1.42. The van der Waals surface area contributed by atoms with Crippen LogP contribution >= 0.6 is 27.3 Å². The Hall–Kier alpha value is -1.48. The summed E-state index contributed by atoms with van der Waals surface area (Å²) in [4.78, 5) is 13.2. The lowest BCUT2D eigenvalue weighted by Gasteiger charge is -2.03. The lowest BCUT2D eigenvalue weighted by molar-refractivity contribution is -0.141. The lowest BCUT2D eigenvalue weighted by Crippen LogP contribution is -2.11. The molecule has 0 aliphatic carbocycles. The fraction of sp³-hybridized carbons (Fsp3) is 0.0909. The standard InChI is InChI=1S/C11H4BrF4NO2S/c12-6-2-1-4(13)3-5(6)9-17-8(11(14,15)16)7(20-9)10(18)19/h1-3H,(H,18,19). The number of aromatic carboxylic acids is 1. The number of carboxylic acid groups (broad SMARTS) is 1. The molecule has 0 saturated heterocycles. The Bertz CT molecular complexity index is 684. The van der Waals surface area contributed by atoms with Gasteiger partial charge in [0.05, 0.1) is 0 Å². The van der Waals surface area contributed by atoms with Crippen molar-refractivity contribution in [2.24, 2.45) is 0 Å². The summed E-state index contributed by atoms with van der Waals surface area (Å²) < 4.78 is 51.6. The molecule has 0 saturated carbocycles. The quantitative estimate of drug-likeness (QED) is 0.796. The minimum Gasteiger partial charge on any atom is -0.477 e. The molecule has 0 spiro atoms. The number of thiazole rings is 1. The van der Waals surface area contributed by atoms with E-state index in [4.69, 9.17) is 5.11 Å². The normalized spacial score (nSPS) is 11.7. The van der Waals surface area contributed by atoms with Gasteiger partial charge in [0.1, 0.15) is 15.7 Å². The Kier molecular flexibility index (Phi) is 3.83. The second kappa shape index (κ2) is 5.13. The van der Waals surface area contributed by atoms with Crippen LogP contribution in [0, 0.1) is 5.82 Å². The molecule has 0 atom stereocenters. The number of rotatable bonds is 2. The number of halogens is 5. The van der Waals surface area contributed by atoms with Crippen LogP contribution < -0.4 is 0 Å². The molecule has 1 heterocycles. The van der Waals surface area contributed by atoms with Gasteiger partial charge in [0.25, 0.3) is 0 Å². The fourth-order valence-electron chi connectivity index (χ4n) is 1.43. The van der Waals surface area contributed by atoms with Gasteiger partial charge < -0.3 is 5.11 Å². The molecule has 1 aromatic heterocycles. The highest BCUT2D eigenvalue weighted by Crippen LogP contribution is 2.39. The van der Waals surface area contributed by atoms with Gasteiger partial charge in [-0.05, 0) is 18.2 Å². The first-order valence-corrected chi connectivity index (χ1v) is 6.58. The maximum atomic E-state index is 13.2. The van der Waals surface area contributed by atoms with Crippen molar-refractivity contribution in [2.75, 3.05) is 0 Å². The van der Waals surface area contributed by atoms with E-state index in [9.17, 15) is 22.4 Å². The molecule has 0 amide bonds. The topological polar surface area (TPSA) is 50.2 Å². The van der Waals surface area contributed by atoms with Crippen molar-refractivity contribution in [2.45, 2.75) is 6.18 Å². The zero-order chi connectivity index (χ0) is 15.1. The average Bonchev–Trinajstić information content (AvgIpc) is 2.77. The van der Waals surface area contributed by atoms with Crippen molar-refractivity contribution in [1.29, 1.82) is 0 Å². The smallest absolute Gasteiger partial charge is 0.435 e. The zero-order valence-corrected chi connectivity index (χ0v) is 11.7. The van der Waals surface area contributed by atoms with Gasteiger partial charge in [-0.3, -0.25) is 0 Å². The van der Waals surface area contributed by atoms with E-state index < -0.39 is 28.5 Å². The van der Waals surface area contributed by atoms with Crippen LogP contribution in [-0.4, -0.2) is 16.1 Å². The molecule has 0 aliphatic heterocycles. The molecule has 3 nitrogen and oxygen atoms in total. The summed E-state index contributed by atoms with van der Waals surface area (Å²) in [6.45, 7) is 0. The third-order valence-electron chi connectivity index (χ3n) is 2.25. The van der Waals surface area contributed by atoms with E-state index in [1.54, 1.807) is 0 Å². The predicted octanol–water partition coefficient (Wildman–Crippen LogP) is 4.43. The van der Waals surface area contributed by atoms with E-state index >= 15 is 0 Å². The largest absolute Gasteiger partial charge is 0.477 e. The summed E-state index contributed by atoms with van der Waals surface area (Å²) >= 11 is 3.40. The highest BCUT2D eigenvalue weighted by molar-refractivity contribution is 9.10. The third-order valence-corrected chi connectivity index (χ3v) is 4.02. The molecule has 1 N–H and O–H groups in total. The van der Waals surface area contributed by atoms with Gasteiger partial charge in [-0.25, -0.2) is 14.2 Å². The molecular formula is C11H4BrF4NO2S. The van der Waals surface area contributed by atoms with E-state index in [-0.39, 0.29) is 10.6 Å². The van der Waals surface area contributed by atoms with E-state index in [0.29, 0.717) is 15.8 Å². The van der Waals surface area contributed by atoms with Gasteiger partial charge in [-0.1, -0.05) is 15.9 Å². The Morgan fingerprint density at radius 1 is 1.35 bits per heavy atom. The molecule has 0 fully saturated rings. The monoisotopic (exact) mass is 369 g/mol. The number of hydrogen-bond donors (Lipinski definition) is 1. The maximum absolute atomic E-state index is 13.2. The van der Waals surface area contributed by atoms with Crippen LogP contribution in [0.4, 0.5) is 17.6 Å². The molecule has 20 heavy (non-hydrogen) atoms. The van der Waals surface area contributed by atoms with Crippen molar-refractivity contribution < 1.29 is 27.5 Å². The van der Waals surface area contributed by atoms with E-state index in [1.165, 1.54) is 6.07 Å². The molecular weight excluding hydrogens is 366 g/mol. The number of carboxylic acids is 1. The number of nitrogens with zero attached hydrogens (tertiary/aromatic N) is 1. The summed E-state index contributed by atoms with van der Waals surface area (Å²) in [7, 11) is 0. The molecule has 0 bridgehead atoms. The molecule has 2 aromatic rings. The van der Waals surface area contributed by atoms with Gasteiger partial charge in [-0.15, -0.1) is 11.3 Å².